The zero-order chi connectivity index (χ0) is 8.36. The number of hydrogen-bond acceptors (Lipinski definition) is 2. The van der Waals surface area contributed by atoms with Crippen molar-refractivity contribution in [2.75, 3.05) is 20.3 Å². The van der Waals surface area contributed by atoms with Gasteiger partial charge in [-0.2, -0.15) is 0 Å². The third kappa shape index (κ3) is 9.27. The van der Waals surface area contributed by atoms with Crippen LogP contribution in [-0.4, -0.2) is 20.3 Å². The maximum absolute atomic E-state index is 7.95. The molecule has 0 bridgehead atoms. The predicted octanol–water partition coefficient (Wildman–Crippen LogP) is 2.50. The highest BCUT2D eigenvalue weighted by atomic mass is 16.5. The molecule has 0 fully saturated rings. The lowest BCUT2D eigenvalue weighted by atomic mass is 10.2. The van der Waals surface area contributed by atoms with Gasteiger partial charge in [0.25, 0.3) is 0 Å². The van der Waals surface area contributed by atoms with Crippen molar-refractivity contribution in [1.82, 2.24) is 0 Å². The van der Waals surface area contributed by atoms with E-state index < -0.39 is 0 Å². The van der Waals surface area contributed by atoms with Gasteiger partial charge in [0, 0.05) is 25.2 Å². The van der Waals surface area contributed by atoms with Gasteiger partial charge in [-0.05, 0) is 18.4 Å². The summed E-state index contributed by atoms with van der Waals surface area (Å²) in [6, 6.07) is 0. The van der Waals surface area contributed by atoms with Crippen molar-refractivity contribution >= 4 is 0 Å². The van der Waals surface area contributed by atoms with E-state index in [4.69, 9.17) is 10.3 Å². The molecule has 0 rings (SSSR count). The molecule has 4 nitrogen and oxygen atoms in total. The van der Waals surface area contributed by atoms with Gasteiger partial charge in [0.2, 0.25) is 0 Å². The van der Waals surface area contributed by atoms with Gasteiger partial charge < -0.3 is 4.74 Å². The lowest BCUT2D eigenvalue weighted by molar-refractivity contribution is 0.192. The Hall–Kier alpha value is -0.730. The molecule has 0 unspecified atom stereocenters. The number of unbranched alkanes of at least 4 members (excludes halogenated alkanes) is 3. The molecule has 11 heavy (non-hydrogen) atoms. The van der Waals surface area contributed by atoms with Crippen molar-refractivity contribution in [3.8, 4) is 0 Å². The molecule has 64 valence electrons. The number of methoxy groups -OCH3 is 1. The van der Waals surface area contributed by atoms with E-state index in [0.717, 1.165) is 32.3 Å². The molecule has 0 spiro atoms. The van der Waals surface area contributed by atoms with E-state index in [1.807, 2.05) is 0 Å². The first-order valence-corrected chi connectivity index (χ1v) is 3.91. The number of ether oxygens (including phenoxy) is 1. The van der Waals surface area contributed by atoms with E-state index >= 15 is 0 Å². The van der Waals surface area contributed by atoms with E-state index in [9.17, 15) is 0 Å². The van der Waals surface area contributed by atoms with Crippen molar-refractivity contribution in [2.45, 2.75) is 25.7 Å². The number of nitrogens with zero attached hydrogens (tertiary/aromatic N) is 3. The average molecular weight is 157 g/mol. The lowest BCUT2D eigenvalue weighted by Crippen LogP contribution is -1.88. The Balaban J connectivity index is 2.84. The second-order valence-corrected chi connectivity index (χ2v) is 2.36. The third-order valence-corrected chi connectivity index (χ3v) is 1.42. The Labute approximate surface area is 67.2 Å². The fourth-order valence-electron chi connectivity index (χ4n) is 0.827. The van der Waals surface area contributed by atoms with Crippen molar-refractivity contribution in [1.29, 1.82) is 0 Å². The highest BCUT2D eigenvalue weighted by Gasteiger charge is 1.87. The largest absolute Gasteiger partial charge is 0.385 e. The van der Waals surface area contributed by atoms with Crippen LogP contribution in [-0.2, 0) is 4.74 Å². The van der Waals surface area contributed by atoms with Crippen LogP contribution < -0.4 is 0 Å². The molecular formula is C7H15N3O. The van der Waals surface area contributed by atoms with Gasteiger partial charge in [-0.1, -0.05) is 18.0 Å². The summed E-state index contributed by atoms with van der Waals surface area (Å²) in [5.74, 6) is 0. The first-order chi connectivity index (χ1) is 5.41. The lowest BCUT2D eigenvalue weighted by Gasteiger charge is -1.97. The SMILES string of the molecule is COCCCCCCN=[N+]=[N-]. The normalized spacial score (nSPS) is 9.18. The number of hydrogen-bond donors (Lipinski definition) is 0. The van der Waals surface area contributed by atoms with Crippen LogP contribution in [0.15, 0.2) is 5.11 Å². The van der Waals surface area contributed by atoms with Crippen LogP contribution in [0.3, 0.4) is 0 Å². The monoisotopic (exact) mass is 157 g/mol. The maximum atomic E-state index is 7.95. The first kappa shape index (κ1) is 10.3. The molecule has 0 aliphatic rings. The highest BCUT2D eigenvalue weighted by Crippen LogP contribution is 1.99. The molecule has 4 heteroatoms. The summed E-state index contributed by atoms with van der Waals surface area (Å²) < 4.78 is 4.89. The minimum atomic E-state index is 0.628. The molecule has 0 N–H and O–H groups in total. The van der Waals surface area contributed by atoms with Crippen LogP contribution in [0, 0.1) is 0 Å². The molecule has 0 aromatic carbocycles. The smallest absolute Gasteiger partial charge is 0.0462 e. The highest BCUT2D eigenvalue weighted by molar-refractivity contribution is 4.48. The van der Waals surface area contributed by atoms with E-state index in [1.54, 1.807) is 7.11 Å². The van der Waals surface area contributed by atoms with Gasteiger partial charge in [0.1, 0.15) is 0 Å². The van der Waals surface area contributed by atoms with E-state index in [-0.39, 0.29) is 0 Å². The van der Waals surface area contributed by atoms with Crippen LogP contribution >= 0.6 is 0 Å². The molecule has 0 heterocycles. The summed E-state index contributed by atoms with van der Waals surface area (Å²) in [4.78, 5) is 2.67. The quantitative estimate of drug-likeness (QED) is 0.242. The topological polar surface area (TPSA) is 58.0 Å². The van der Waals surface area contributed by atoms with Gasteiger partial charge in [-0.3, -0.25) is 0 Å². The number of azide groups is 1. The molecule has 0 aliphatic carbocycles. The molecule has 0 aromatic heterocycles. The minimum Gasteiger partial charge on any atom is -0.385 e. The summed E-state index contributed by atoms with van der Waals surface area (Å²) in [6.45, 7) is 1.46. The Bertz CT molecular complexity index is 121. The van der Waals surface area contributed by atoms with Crippen LogP contribution in [0.5, 0.6) is 0 Å². The van der Waals surface area contributed by atoms with Gasteiger partial charge in [0.15, 0.2) is 0 Å². The van der Waals surface area contributed by atoms with Crippen molar-refractivity contribution in [3.63, 3.8) is 0 Å². The van der Waals surface area contributed by atoms with Crippen molar-refractivity contribution < 1.29 is 4.74 Å². The third-order valence-electron chi connectivity index (χ3n) is 1.42. The Morgan fingerprint density at radius 3 is 2.64 bits per heavy atom. The maximum Gasteiger partial charge on any atom is 0.0462 e. The van der Waals surface area contributed by atoms with E-state index in [0.29, 0.717) is 6.54 Å². The zero-order valence-electron chi connectivity index (χ0n) is 6.99. The summed E-state index contributed by atoms with van der Waals surface area (Å²) in [7, 11) is 1.71. The van der Waals surface area contributed by atoms with Gasteiger partial charge >= 0.3 is 0 Å². The van der Waals surface area contributed by atoms with Gasteiger partial charge in [-0.25, -0.2) is 0 Å². The first-order valence-electron chi connectivity index (χ1n) is 3.91. The van der Waals surface area contributed by atoms with Crippen LogP contribution in [0.4, 0.5) is 0 Å². The number of rotatable bonds is 7. The van der Waals surface area contributed by atoms with E-state index in [2.05, 4.69) is 10.0 Å². The summed E-state index contributed by atoms with van der Waals surface area (Å²) in [6.07, 6.45) is 4.39. The summed E-state index contributed by atoms with van der Waals surface area (Å²) in [5, 5.41) is 3.44. The van der Waals surface area contributed by atoms with Crippen LogP contribution in [0.1, 0.15) is 25.7 Å². The predicted molar refractivity (Wildman–Crippen MR) is 44.4 cm³/mol. The fraction of sp³-hybridized carbons (Fsp3) is 1.00. The Morgan fingerprint density at radius 2 is 2.00 bits per heavy atom. The summed E-state index contributed by atoms with van der Waals surface area (Å²) in [5.41, 5.74) is 7.95. The zero-order valence-corrected chi connectivity index (χ0v) is 6.99. The summed E-state index contributed by atoms with van der Waals surface area (Å²) >= 11 is 0. The molecular weight excluding hydrogens is 142 g/mol. The van der Waals surface area contributed by atoms with Crippen LogP contribution in [0.25, 0.3) is 10.4 Å². The molecule has 0 radical (unpaired) electrons. The Morgan fingerprint density at radius 1 is 1.27 bits per heavy atom. The van der Waals surface area contributed by atoms with Crippen molar-refractivity contribution in [3.05, 3.63) is 10.4 Å². The minimum absolute atomic E-state index is 0.628. The van der Waals surface area contributed by atoms with Gasteiger partial charge in [-0.15, -0.1) is 0 Å². The molecule has 0 saturated heterocycles. The van der Waals surface area contributed by atoms with Gasteiger partial charge in [0.05, 0.1) is 0 Å². The van der Waals surface area contributed by atoms with E-state index in [1.165, 1.54) is 0 Å². The second kappa shape index (κ2) is 9.27. The molecule has 0 amide bonds. The molecule has 0 atom stereocenters. The Kier molecular flexibility index (Phi) is 8.65. The molecule has 0 aliphatic heterocycles. The fourth-order valence-corrected chi connectivity index (χ4v) is 0.827. The van der Waals surface area contributed by atoms with Crippen LogP contribution in [0.2, 0.25) is 0 Å². The molecule has 0 saturated carbocycles. The van der Waals surface area contributed by atoms with Crippen molar-refractivity contribution in [2.24, 2.45) is 5.11 Å². The standard InChI is InChI=1S/C7H15N3O/c1-11-7-5-3-2-4-6-9-10-8/h2-7H2,1H3. The molecule has 0 aromatic rings. The average Bonchev–Trinajstić information content (AvgIpc) is 2.03. The second-order valence-electron chi connectivity index (χ2n) is 2.36.